The van der Waals surface area contributed by atoms with Crippen molar-refractivity contribution in [1.82, 2.24) is 0 Å². The van der Waals surface area contributed by atoms with E-state index < -0.39 is 0 Å². The zero-order valence-electron chi connectivity index (χ0n) is 5.75. The van der Waals surface area contributed by atoms with Gasteiger partial charge in [0.2, 0.25) is 0 Å². The maximum absolute atomic E-state index is 11.0. The Morgan fingerprint density at radius 1 is 1.60 bits per heavy atom. The van der Waals surface area contributed by atoms with Gasteiger partial charge in [0.15, 0.2) is 0 Å². The second-order valence-electron chi connectivity index (χ2n) is 2.91. The van der Waals surface area contributed by atoms with Gasteiger partial charge in [-0.1, -0.05) is 12.2 Å². The van der Waals surface area contributed by atoms with Crippen LogP contribution in [0.4, 0.5) is 0 Å². The quantitative estimate of drug-likeness (QED) is 0.370. The highest BCUT2D eigenvalue weighted by Gasteiger charge is 2.35. The first kappa shape index (κ1) is 5.96. The van der Waals surface area contributed by atoms with Crippen molar-refractivity contribution >= 4 is 5.97 Å². The van der Waals surface area contributed by atoms with Gasteiger partial charge in [0.25, 0.3) is 0 Å². The molecule has 1 aliphatic heterocycles. The van der Waals surface area contributed by atoms with Gasteiger partial charge in [0.1, 0.15) is 0 Å². The second kappa shape index (κ2) is 2.11. The Kier molecular flexibility index (Phi) is 1.26. The number of carbonyl (C=O) groups is 1. The molecule has 2 heteroatoms. The van der Waals surface area contributed by atoms with Crippen molar-refractivity contribution in [2.24, 2.45) is 11.8 Å². The lowest BCUT2D eigenvalue weighted by Crippen LogP contribution is -2.16. The summed E-state index contributed by atoms with van der Waals surface area (Å²) in [5, 5.41) is 0. The fourth-order valence-electron chi connectivity index (χ4n) is 1.64. The summed E-state index contributed by atoms with van der Waals surface area (Å²) in [5.74, 6) is 0.584. The van der Waals surface area contributed by atoms with E-state index in [0.717, 1.165) is 12.8 Å². The summed E-state index contributed by atoms with van der Waals surface area (Å²) in [6.45, 7) is 0.611. The summed E-state index contributed by atoms with van der Waals surface area (Å²) in [6, 6.07) is 0. The Morgan fingerprint density at radius 3 is 3.30 bits per heavy atom. The fourth-order valence-corrected chi connectivity index (χ4v) is 1.64. The van der Waals surface area contributed by atoms with E-state index in [0.29, 0.717) is 12.5 Å². The molecular weight excluding hydrogens is 128 g/mol. The van der Waals surface area contributed by atoms with Crippen molar-refractivity contribution in [2.45, 2.75) is 12.8 Å². The monoisotopic (exact) mass is 138 g/mol. The summed E-state index contributed by atoms with van der Waals surface area (Å²) in [5.41, 5.74) is 0. The third kappa shape index (κ3) is 0.753. The van der Waals surface area contributed by atoms with Crippen LogP contribution in [0.3, 0.4) is 0 Å². The molecule has 1 heterocycles. The highest BCUT2D eigenvalue weighted by Crippen LogP contribution is 2.30. The molecule has 2 aliphatic rings. The molecule has 1 fully saturated rings. The van der Waals surface area contributed by atoms with Crippen LogP contribution in [0.5, 0.6) is 0 Å². The van der Waals surface area contributed by atoms with Crippen molar-refractivity contribution in [3.8, 4) is 0 Å². The lowest BCUT2D eigenvalue weighted by Gasteiger charge is -2.13. The van der Waals surface area contributed by atoms with Crippen LogP contribution in [0.25, 0.3) is 0 Å². The molecule has 1 saturated heterocycles. The second-order valence-corrected chi connectivity index (χ2v) is 2.91. The molecule has 0 bridgehead atoms. The molecule has 0 saturated carbocycles. The van der Waals surface area contributed by atoms with Gasteiger partial charge < -0.3 is 4.74 Å². The van der Waals surface area contributed by atoms with E-state index in [2.05, 4.69) is 12.2 Å². The van der Waals surface area contributed by atoms with E-state index in [1.165, 1.54) is 0 Å². The van der Waals surface area contributed by atoms with Crippen LogP contribution in [-0.4, -0.2) is 12.6 Å². The Balaban J connectivity index is 2.19. The zero-order chi connectivity index (χ0) is 6.97. The molecule has 0 unspecified atom stereocenters. The van der Waals surface area contributed by atoms with E-state index in [-0.39, 0.29) is 11.9 Å². The summed E-state index contributed by atoms with van der Waals surface area (Å²) < 4.78 is 4.91. The van der Waals surface area contributed by atoms with Crippen molar-refractivity contribution < 1.29 is 9.53 Å². The lowest BCUT2D eigenvalue weighted by atomic mass is 9.87. The van der Waals surface area contributed by atoms with Gasteiger partial charge in [-0.25, -0.2) is 0 Å². The predicted molar refractivity (Wildman–Crippen MR) is 36.3 cm³/mol. The van der Waals surface area contributed by atoms with Crippen LogP contribution in [0.1, 0.15) is 12.8 Å². The van der Waals surface area contributed by atoms with Gasteiger partial charge in [-0.05, 0) is 12.8 Å². The molecule has 2 rings (SSSR count). The molecule has 0 aromatic heterocycles. The van der Waals surface area contributed by atoms with Crippen LogP contribution in [0.2, 0.25) is 0 Å². The Morgan fingerprint density at radius 2 is 2.50 bits per heavy atom. The van der Waals surface area contributed by atoms with E-state index >= 15 is 0 Å². The number of esters is 1. The Hall–Kier alpha value is -0.790. The number of carbonyl (C=O) groups excluding carboxylic acids is 1. The largest absolute Gasteiger partial charge is 0.465 e. The number of rotatable bonds is 0. The number of fused-ring (bicyclic) bond motifs is 1. The van der Waals surface area contributed by atoms with Gasteiger partial charge in [-0.2, -0.15) is 0 Å². The molecule has 2 nitrogen and oxygen atoms in total. The van der Waals surface area contributed by atoms with E-state index in [4.69, 9.17) is 4.74 Å². The van der Waals surface area contributed by atoms with Crippen molar-refractivity contribution in [1.29, 1.82) is 0 Å². The molecule has 2 atom stereocenters. The zero-order valence-corrected chi connectivity index (χ0v) is 5.75. The summed E-state index contributed by atoms with van der Waals surface area (Å²) in [7, 11) is 0. The maximum atomic E-state index is 11.0. The predicted octanol–water partition coefficient (Wildman–Crippen LogP) is 1.13. The Labute approximate surface area is 59.9 Å². The highest BCUT2D eigenvalue weighted by atomic mass is 16.5. The Bertz CT molecular complexity index is 184. The summed E-state index contributed by atoms with van der Waals surface area (Å²) >= 11 is 0. The topological polar surface area (TPSA) is 26.3 Å². The minimum absolute atomic E-state index is 0.00866. The van der Waals surface area contributed by atoms with Gasteiger partial charge in [0, 0.05) is 5.92 Å². The first-order valence-electron chi connectivity index (χ1n) is 3.71. The van der Waals surface area contributed by atoms with Crippen LogP contribution in [0, 0.1) is 11.8 Å². The fraction of sp³-hybridized carbons (Fsp3) is 0.625. The molecule has 0 aromatic carbocycles. The number of hydrogen-bond donors (Lipinski definition) is 0. The number of cyclic esters (lactones) is 1. The minimum atomic E-state index is 0.00866. The third-order valence-electron chi connectivity index (χ3n) is 2.27. The average Bonchev–Trinajstić information content (AvgIpc) is 2.34. The molecule has 10 heavy (non-hydrogen) atoms. The molecule has 0 radical (unpaired) electrons. The van der Waals surface area contributed by atoms with Gasteiger partial charge in [-0.3, -0.25) is 4.79 Å². The summed E-state index contributed by atoms with van der Waals surface area (Å²) in [4.78, 5) is 11.0. The van der Waals surface area contributed by atoms with E-state index in [1.807, 2.05) is 0 Å². The molecule has 0 amide bonds. The molecular formula is C8H10O2. The summed E-state index contributed by atoms with van der Waals surface area (Å²) in [6.07, 6.45) is 6.28. The minimum Gasteiger partial charge on any atom is -0.465 e. The smallest absolute Gasteiger partial charge is 0.309 e. The van der Waals surface area contributed by atoms with Crippen molar-refractivity contribution in [3.05, 3.63) is 12.2 Å². The molecule has 0 N–H and O–H groups in total. The number of allylic oxidation sites excluding steroid dienone is 1. The molecule has 0 spiro atoms. The molecule has 54 valence electrons. The van der Waals surface area contributed by atoms with Crippen molar-refractivity contribution in [2.75, 3.05) is 6.61 Å². The van der Waals surface area contributed by atoms with Crippen LogP contribution >= 0.6 is 0 Å². The van der Waals surface area contributed by atoms with Crippen LogP contribution in [0.15, 0.2) is 12.2 Å². The average molecular weight is 138 g/mol. The van der Waals surface area contributed by atoms with Crippen molar-refractivity contribution in [3.63, 3.8) is 0 Å². The standard InChI is InChI=1S/C8H10O2/c9-8-7-4-2-1-3-6(7)5-10-8/h1,3,6-7H,2,4-5H2/t6-,7-/m0/s1. The number of hydrogen-bond acceptors (Lipinski definition) is 2. The highest BCUT2D eigenvalue weighted by molar-refractivity contribution is 5.75. The third-order valence-corrected chi connectivity index (χ3v) is 2.27. The SMILES string of the molecule is O=C1OC[C@@H]2C=CCC[C@H]12. The van der Waals surface area contributed by atoms with Gasteiger partial charge in [0.05, 0.1) is 12.5 Å². The van der Waals surface area contributed by atoms with E-state index in [1.54, 1.807) is 0 Å². The van der Waals surface area contributed by atoms with Gasteiger partial charge in [-0.15, -0.1) is 0 Å². The van der Waals surface area contributed by atoms with Crippen LogP contribution in [-0.2, 0) is 9.53 Å². The first-order chi connectivity index (χ1) is 4.88. The maximum Gasteiger partial charge on any atom is 0.309 e. The van der Waals surface area contributed by atoms with Crippen LogP contribution < -0.4 is 0 Å². The van der Waals surface area contributed by atoms with E-state index in [9.17, 15) is 4.79 Å². The normalized spacial score (nSPS) is 37.4. The molecule has 1 aliphatic carbocycles. The first-order valence-corrected chi connectivity index (χ1v) is 3.71. The molecule has 0 aromatic rings. The van der Waals surface area contributed by atoms with Gasteiger partial charge >= 0.3 is 5.97 Å². The number of ether oxygens (including phenoxy) is 1. The lowest BCUT2D eigenvalue weighted by molar-refractivity contribution is -0.141.